The SMILES string of the molecule is CCCOC[C@@H](Cc1ccccc1)[C@H](C)OC(=O)CCC(=O)c1nccc(OC)c1O. The number of hydrogen-bond donors (Lipinski definition) is 1. The van der Waals surface area contributed by atoms with E-state index >= 15 is 0 Å². The van der Waals surface area contributed by atoms with Gasteiger partial charge in [0.05, 0.1) is 20.1 Å². The first-order chi connectivity index (χ1) is 15.0. The monoisotopic (exact) mass is 429 g/mol. The van der Waals surface area contributed by atoms with Crippen molar-refractivity contribution in [1.82, 2.24) is 4.98 Å². The van der Waals surface area contributed by atoms with Crippen LogP contribution in [0.4, 0.5) is 0 Å². The van der Waals surface area contributed by atoms with E-state index in [2.05, 4.69) is 4.98 Å². The van der Waals surface area contributed by atoms with Gasteiger partial charge in [0.1, 0.15) is 6.10 Å². The number of esters is 1. The summed E-state index contributed by atoms with van der Waals surface area (Å²) < 4.78 is 16.3. The number of methoxy groups -OCH3 is 1. The zero-order chi connectivity index (χ0) is 22.6. The summed E-state index contributed by atoms with van der Waals surface area (Å²) in [6.07, 6.45) is 2.42. The van der Waals surface area contributed by atoms with Gasteiger partial charge in [0.15, 0.2) is 23.0 Å². The summed E-state index contributed by atoms with van der Waals surface area (Å²) in [7, 11) is 1.39. The number of ketones is 1. The summed E-state index contributed by atoms with van der Waals surface area (Å²) in [5.74, 6) is -1.10. The Balaban J connectivity index is 1.92. The van der Waals surface area contributed by atoms with Gasteiger partial charge < -0.3 is 19.3 Å². The van der Waals surface area contributed by atoms with Crippen molar-refractivity contribution in [1.29, 1.82) is 0 Å². The second kappa shape index (κ2) is 12.7. The minimum atomic E-state index is -0.475. The van der Waals surface area contributed by atoms with Crippen molar-refractivity contribution in [3.8, 4) is 11.5 Å². The average molecular weight is 430 g/mol. The number of benzene rings is 1. The molecule has 168 valence electrons. The lowest BCUT2D eigenvalue weighted by atomic mass is 9.95. The van der Waals surface area contributed by atoms with Crippen LogP contribution in [0.25, 0.3) is 0 Å². The Bertz CT molecular complexity index is 839. The number of aromatic hydroxyl groups is 1. The summed E-state index contributed by atoms with van der Waals surface area (Å²) in [4.78, 5) is 28.6. The summed E-state index contributed by atoms with van der Waals surface area (Å²) in [6, 6.07) is 11.4. The third-order valence-electron chi connectivity index (χ3n) is 4.93. The van der Waals surface area contributed by atoms with Gasteiger partial charge >= 0.3 is 5.97 Å². The highest BCUT2D eigenvalue weighted by Crippen LogP contribution is 2.28. The quantitative estimate of drug-likeness (QED) is 0.292. The Morgan fingerprint density at radius 1 is 1.13 bits per heavy atom. The number of ether oxygens (including phenoxy) is 3. The highest BCUT2D eigenvalue weighted by atomic mass is 16.5. The highest BCUT2D eigenvalue weighted by Gasteiger charge is 2.23. The zero-order valence-corrected chi connectivity index (χ0v) is 18.4. The van der Waals surface area contributed by atoms with Crippen molar-refractivity contribution in [3.05, 3.63) is 53.9 Å². The smallest absolute Gasteiger partial charge is 0.306 e. The van der Waals surface area contributed by atoms with Crippen molar-refractivity contribution in [2.24, 2.45) is 5.92 Å². The molecule has 1 aromatic carbocycles. The Kier molecular flexibility index (Phi) is 9.97. The molecule has 0 aliphatic carbocycles. The van der Waals surface area contributed by atoms with Crippen LogP contribution >= 0.6 is 0 Å². The molecule has 0 radical (unpaired) electrons. The fourth-order valence-electron chi connectivity index (χ4n) is 3.16. The van der Waals surface area contributed by atoms with Gasteiger partial charge in [-0.25, -0.2) is 4.98 Å². The van der Waals surface area contributed by atoms with E-state index in [4.69, 9.17) is 14.2 Å². The average Bonchev–Trinajstić information content (AvgIpc) is 2.77. The zero-order valence-electron chi connectivity index (χ0n) is 18.4. The summed E-state index contributed by atoms with van der Waals surface area (Å²) in [5.41, 5.74) is 1.03. The van der Waals surface area contributed by atoms with Gasteiger partial charge in [-0.3, -0.25) is 9.59 Å². The number of pyridine rings is 1. The standard InChI is InChI=1S/C24H31NO6/c1-4-14-30-16-19(15-18-8-6-5-7-9-18)17(2)31-22(27)11-10-20(26)23-24(28)21(29-3)12-13-25-23/h5-9,12-13,17,19,28H,4,10-11,14-16H2,1-3H3/t17-,19+/m0/s1. The Morgan fingerprint density at radius 3 is 2.55 bits per heavy atom. The number of carbonyl (C=O) groups is 2. The predicted octanol–water partition coefficient (Wildman–Crippen LogP) is 3.98. The van der Waals surface area contributed by atoms with Crippen LogP contribution in [0.3, 0.4) is 0 Å². The molecular weight excluding hydrogens is 398 g/mol. The van der Waals surface area contributed by atoms with E-state index in [1.165, 1.54) is 19.4 Å². The molecule has 0 amide bonds. The molecule has 0 saturated heterocycles. The van der Waals surface area contributed by atoms with Crippen LogP contribution in [0, 0.1) is 5.92 Å². The van der Waals surface area contributed by atoms with Crippen LogP contribution in [-0.2, 0) is 20.7 Å². The number of rotatable bonds is 13. The minimum Gasteiger partial charge on any atom is -0.503 e. The molecule has 7 heteroatoms. The number of aromatic nitrogens is 1. The number of Topliss-reactive ketones (excluding diaryl/α,β-unsaturated/α-hetero) is 1. The molecule has 0 aliphatic heterocycles. The number of nitrogens with zero attached hydrogens (tertiary/aromatic N) is 1. The molecule has 1 heterocycles. The van der Waals surface area contributed by atoms with Crippen LogP contribution < -0.4 is 4.74 Å². The molecule has 2 aromatic rings. The van der Waals surface area contributed by atoms with Gasteiger partial charge in [-0.1, -0.05) is 37.3 Å². The Morgan fingerprint density at radius 2 is 1.87 bits per heavy atom. The molecule has 2 rings (SSSR count). The van der Waals surface area contributed by atoms with Crippen LogP contribution in [-0.4, -0.2) is 48.3 Å². The summed E-state index contributed by atoms with van der Waals surface area (Å²) in [6.45, 7) is 5.02. The van der Waals surface area contributed by atoms with E-state index in [1.54, 1.807) is 0 Å². The third kappa shape index (κ3) is 7.68. The second-order valence-corrected chi connectivity index (χ2v) is 7.35. The first-order valence-corrected chi connectivity index (χ1v) is 10.5. The lowest BCUT2D eigenvalue weighted by molar-refractivity contribution is -0.151. The minimum absolute atomic E-state index is 0.00213. The van der Waals surface area contributed by atoms with Crippen molar-refractivity contribution < 1.29 is 28.9 Å². The third-order valence-corrected chi connectivity index (χ3v) is 4.93. The van der Waals surface area contributed by atoms with E-state index in [0.717, 1.165) is 18.4 Å². The van der Waals surface area contributed by atoms with Gasteiger partial charge in [-0.2, -0.15) is 0 Å². The van der Waals surface area contributed by atoms with Crippen molar-refractivity contribution in [2.75, 3.05) is 20.3 Å². The van der Waals surface area contributed by atoms with Crippen molar-refractivity contribution in [2.45, 2.75) is 45.6 Å². The molecule has 2 atom stereocenters. The second-order valence-electron chi connectivity index (χ2n) is 7.35. The fourth-order valence-corrected chi connectivity index (χ4v) is 3.16. The fraction of sp³-hybridized carbons (Fsp3) is 0.458. The number of carbonyl (C=O) groups excluding carboxylic acids is 2. The van der Waals surface area contributed by atoms with E-state index in [-0.39, 0.29) is 42.1 Å². The van der Waals surface area contributed by atoms with Crippen LogP contribution in [0.5, 0.6) is 11.5 Å². The Hall–Kier alpha value is -2.93. The first-order valence-electron chi connectivity index (χ1n) is 10.5. The van der Waals surface area contributed by atoms with Gasteiger partial charge in [0.2, 0.25) is 0 Å². The normalized spacial score (nSPS) is 12.7. The number of hydrogen-bond acceptors (Lipinski definition) is 7. The maximum absolute atomic E-state index is 12.4. The van der Waals surface area contributed by atoms with Gasteiger partial charge in [-0.05, 0) is 25.3 Å². The van der Waals surface area contributed by atoms with Crippen LogP contribution in [0.15, 0.2) is 42.6 Å². The molecule has 0 saturated carbocycles. The van der Waals surface area contributed by atoms with E-state index in [9.17, 15) is 14.7 Å². The van der Waals surface area contributed by atoms with E-state index in [1.807, 2.05) is 44.2 Å². The topological polar surface area (TPSA) is 95.0 Å². The molecule has 1 aromatic heterocycles. The highest BCUT2D eigenvalue weighted by molar-refractivity contribution is 5.98. The maximum Gasteiger partial charge on any atom is 0.306 e. The van der Waals surface area contributed by atoms with Crippen molar-refractivity contribution in [3.63, 3.8) is 0 Å². The van der Waals surface area contributed by atoms with E-state index < -0.39 is 11.8 Å². The first kappa shape index (κ1) is 24.3. The van der Waals surface area contributed by atoms with Crippen LogP contribution in [0.2, 0.25) is 0 Å². The molecule has 0 fully saturated rings. The molecular formula is C24H31NO6. The molecule has 0 spiro atoms. The predicted molar refractivity (Wildman–Crippen MR) is 116 cm³/mol. The molecule has 0 unspecified atom stereocenters. The van der Waals surface area contributed by atoms with Crippen molar-refractivity contribution >= 4 is 11.8 Å². The van der Waals surface area contributed by atoms with Gasteiger partial charge in [0, 0.05) is 31.2 Å². The van der Waals surface area contributed by atoms with E-state index in [0.29, 0.717) is 13.2 Å². The summed E-state index contributed by atoms with van der Waals surface area (Å²) in [5, 5.41) is 10.0. The Labute approximate surface area is 183 Å². The molecule has 31 heavy (non-hydrogen) atoms. The largest absolute Gasteiger partial charge is 0.503 e. The summed E-state index contributed by atoms with van der Waals surface area (Å²) >= 11 is 0. The molecule has 1 N–H and O–H groups in total. The van der Waals surface area contributed by atoms with Gasteiger partial charge in [0.25, 0.3) is 0 Å². The maximum atomic E-state index is 12.4. The molecule has 0 bridgehead atoms. The molecule has 0 aliphatic rings. The lowest BCUT2D eigenvalue weighted by Crippen LogP contribution is -2.30. The van der Waals surface area contributed by atoms with Gasteiger partial charge in [-0.15, -0.1) is 0 Å². The van der Waals surface area contributed by atoms with Crippen LogP contribution in [0.1, 0.15) is 49.2 Å². The molecule has 7 nitrogen and oxygen atoms in total. The lowest BCUT2D eigenvalue weighted by Gasteiger charge is -2.24.